The number of nitrogens with one attached hydrogen (secondary N) is 2. The van der Waals surface area contributed by atoms with Crippen LogP contribution in [-0.2, 0) is 10.0 Å². The molecular weight excluding hydrogens is 417 g/mol. The van der Waals surface area contributed by atoms with Crippen molar-refractivity contribution in [1.82, 2.24) is 10.2 Å². The monoisotopic (exact) mass is 431 g/mol. The summed E-state index contributed by atoms with van der Waals surface area (Å²) >= 11 is 6.20. The van der Waals surface area contributed by atoms with E-state index in [-0.39, 0.29) is 26.6 Å². The zero-order valence-corrected chi connectivity index (χ0v) is 16.7. The molecule has 4 aromatic rings. The second-order valence-electron chi connectivity index (χ2n) is 6.20. The summed E-state index contributed by atoms with van der Waals surface area (Å²) < 4.78 is 47.8. The number of aromatic amines is 1. The Kier molecular flexibility index (Phi) is 4.89. The number of H-pyrrole nitrogens is 1. The Balaban J connectivity index is 1.82. The van der Waals surface area contributed by atoms with Gasteiger partial charge in [0.15, 0.2) is 11.6 Å². The highest BCUT2D eigenvalue weighted by atomic mass is 35.5. The van der Waals surface area contributed by atoms with E-state index in [1.54, 1.807) is 42.5 Å². The van der Waals surface area contributed by atoms with Crippen molar-refractivity contribution in [2.45, 2.75) is 4.90 Å². The molecule has 0 spiro atoms. The van der Waals surface area contributed by atoms with E-state index in [1.807, 2.05) is 6.07 Å². The Bertz CT molecular complexity index is 1310. The maximum atomic E-state index is 14.8. The normalized spacial score (nSPS) is 11.6. The summed E-state index contributed by atoms with van der Waals surface area (Å²) in [5.41, 5.74) is 1.14. The molecule has 0 aliphatic heterocycles. The third-order valence-corrected chi connectivity index (χ3v) is 6.11. The molecule has 0 radical (unpaired) electrons. The molecule has 0 aliphatic rings. The van der Waals surface area contributed by atoms with Gasteiger partial charge in [-0.2, -0.15) is 5.10 Å². The topological polar surface area (TPSA) is 84.1 Å². The van der Waals surface area contributed by atoms with Gasteiger partial charge in [0, 0.05) is 17.0 Å². The Morgan fingerprint density at radius 2 is 1.86 bits per heavy atom. The second-order valence-corrected chi connectivity index (χ2v) is 8.26. The fraction of sp³-hybridized carbons (Fsp3) is 0.0500. The SMILES string of the molecule is COc1cccc(S(=O)(=O)Nc2n[nH]c3c(F)c(Cl)c(-c4ccccc4)cc23)c1. The van der Waals surface area contributed by atoms with Crippen LogP contribution in [0.2, 0.25) is 5.02 Å². The van der Waals surface area contributed by atoms with Gasteiger partial charge in [-0.25, -0.2) is 12.8 Å². The first-order valence-electron chi connectivity index (χ1n) is 8.49. The predicted octanol–water partition coefficient (Wildman–Crippen LogP) is 4.83. The first kappa shape index (κ1) is 19.2. The van der Waals surface area contributed by atoms with Crippen LogP contribution in [0.4, 0.5) is 10.2 Å². The minimum atomic E-state index is -3.98. The molecule has 9 heteroatoms. The van der Waals surface area contributed by atoms with Crippen molar-refractivity contribution in [2.24, 2.45) is 0 Å². The lowest BCUT2D eigenvalue weighted by Gasteiger charge is -2.09. The summed E-state index contributed by atoms with van der Waals surface area (Å²) in [7, 11) is -2.53. The van der Waals surface area contributed by atoms with Gasteiger partial charge >= 0.3 is 0 Å². The number of halogens is 2. The van der Waals surface area contributed by atoms with Crippen molar-refractivity contribution < 1.29 is 17.5 Å². The van der Waals surface area contributed by atoms with E-state index < -0.39 is 15.8 Å². The van der Waals surface area contributed by atoms with Gasteiger partial charge in [0.25, 0.3) is 10.0 Å². The van der Waals surface area contributed by atoms with Crippen LogP contribution in [0.1, 0.15) is 0 Å². The Morgan fingerprint density at radius 3 is 2.59 bits per heavy atom. The summed E-state index contributed by atoms with van der Waals surface area (Å²) in [5, 5.41) is 6.64. The molecule has 0 unspecified atom stereocenters. The van der Waals surface area contributed by atoms with Gasteiger partial charge in [-0.15, -0.1) is 0 Å². The van der Waals surface area contributed by atoms with Crippen LogP contribution in [0.25, 0.3) is 22.0 Å². The minimum absolute atomic E-state index is 0.00859. The fourth-order valence-electron chi connectivity index (χ4n) is 2.95. The number of rotatable bonds is 5. The zero-order chi connectivity index (χ0) is 20.6. The molecule has 0 fully saturated rings. The fourth-order valence-corrected chi connectivity index (χ4v) is 4.27. The quantitative estimate of drug-likeness (QED) is 0.474. The number of nitrogens with zero attached hydrogens (tertiary/aromatic N) is 1. The zero-order valence-electron chi connectivity index (χ0n) is 15.1. The van der Waals surface area contributed by atoms with Crippen LogP contribution in [0.3, 0.4) is 0 Å². The third-order valence-electron chi connectivity index (χ3n) is 4.41. The number of hydrogen-bond donors (Lipinski definition) is 2. The molecule has 0 aliphatic carbocycles. The van der Waals surface area contributed by atoms with Gasteiger partial charge < -0.3 is 4.74 Å². The van der Waals surface area contributed by atoms with E-state index in [9.17, 15) is 12.8 Å². The number of fused-ring (bicyclic) bond motifs is 1. The number of sulfonamides is 1. The van der Waals surface area contributed by atoms with E-state index in [1.165, 1.54) is 19.2 Å². The first-order chi connectivity index (χ1) is 13.9. The molecule has 2 N–H and O–H groups in total. The predicted molar refractivity (Wildman–Crippen MR) is 110 cm³/mol. The van der Waals surface area contributed by atoms with Crippen molar-refractivity contribution in [3.05, 3.63) is 71.5 Å². The van der Waals surface area contributed by atoms with Crippen molar-refractivity contribution in [2.75, 3.05) is 11.8 Å². The maximum Gasteiger partial charge on any atom is 0.263 e. The highest BCUT2D eigenvalue weighted by Gasteiger charge is 2.22. The highest BCUT2D eigenvalue weighted by molar-refractivity contribution is 7.92. The number of anilines is 1. The summed E-state index contributed by atoms with van der Waals surface area (Å²) in [5.74, 6) is -0.345. The molecule has 0 saturated heterocycles. The summed E-state index contributed by atoms with van der Waals surface area (Å²) in [4.78, 5) is -0.00859. The lowest BCUT2D eigenvalue weighted by Crippen LogP contribution is -2.13. The van der Waals surface area contributed by atoms with E-state index in [4.69, 9.17) is 16.3 Å². The van der Waals surface area contributed by atoms with Crippen molar-refractivity contribution in [3.8, 4) is 16.9 Å². The van der Waals surface area contributed by atoms with E-state index in [2.05, 4.69) is 14.9 Å². The third kappa shape index (κ3) is 3.52. The van der Waals surface area contributed by atoms with Crippen LogP contribution >= 0.6 is 11.6 Å². The summed E-state index contributed by atoms with van der Waals surface area (Å²) in [6.07, 6.45) is 0. The molecule has 29 heavy (non-hydrogen) atoms. The van der Waals surface area contributed by atoms with E-state index in [0.29, 0.717) is 16.9 Å². The van der Waals surface area contributed by atoms with Crippen molar-refractivity contribution in [1.29, 1.82) is 0 Å². The molecule has 0 bridgehead atoms. The first-order valence-corrected chi connectivity index (χ1v) is 10.3. The minimum Gasteiger partial charge on any atom is -0.497 e. The van der Waals surface area contributed by atoms with Crippen LogP contribution in [-0.4, -0.2) is 25.7 Å². The number of methoxy groups -OCH3 is 1. The van der Waals surface area contributed by atoms with E-state index >= 15 is 0 Å². The molecule has 3 aromatic carbocycles. The molecule has 0 amide bonds. The lowest BCUT2D eigenvalue weighted by atomic mass is 10.0. The molecule has 6 nitrogen and oxygen atoms in total. The standard InChI is InChI=1S/C20H15ClFN3O3S/c1-28-13-8-5-9-14(10-13)29(26,27)25-20-16-11-15(12-6-3-2-4-7-12)17(21)18(22)19(16)23-24-20/h2-11H,1H3,(H2,23,24,25). The van der Waals surface area contributed by atoms with Crippen LogP contribution in [0, 0.1) is 5.82 Å². The summed E-state index contributed by atoms with van der Waals surface area (Å²) in [6.45, 7) is 0. The summed E-state index contributed by atoms with van der Waals surface area (Å²) in [6, 6.07) is 16.6. The molecule has 1 heterocycles. The van der Waals surface area contributed by atoms with Crippen LogP contribution < -0.4 is 9.46 Å². The van der Waals surface area contributed by atoms with Gasteiger partial charge in [0.05, 0.1) is 17.0 Å². The van der Waals surface area contributed by atoms with Gasteiger partial charge in [-0.3, -0.25) is 9.82 Å². The van der Waals surface area contributed by atoms with E-state index in [0.717, 1.165) is 0 Å². The average Bonchev–Trinajstić information content (AvgIpc) is 3.13. The number of hydrogen-bond acceptors (Lipinski definition) is 4. The van der Waals surface area contributed by atoms with Gasteiger partial charge in [0.2, 0.25) is 0 Å². The largest absolute Gasteiger partial charge is 0.497 e. The Labute approximate surface area is 171 Å². The number of benzene rings is 3. The van der Waals surface area contributed by atoms with Gasteiger partial charge in [-0.05, 0) is 23.8 Å². The van der Waals surface area contributed by atoms with Crippen LogP contribution in [0.15, 0.2) is 65.6 Å². The molecule has 4 rings (SSSR count). The smallest absolute Gasteiger partial charge is 0.263 e. The molecule has 1 aromatic heterocycles. The molecule has 0 atom stereocenters. The number of ether oxygens (including phenoxy) is 1. The van der Waals surface area contributed by atoms with Crippen molar-refractivity contribution in [3.63, 3.8) is 0 Å². The molecular formula is C20H15ClFN3O3S. The Hall–Kier alpha value is -3.10. The van der Waals surface area contributed by atoms with Crippen LogP contribution in [0.5, 0.6) is 5.75 Å². The second kappa shape index (κ2) is 7.38. The molecule has 148 valence electrons. The van der Waals surface area contributed by atoms with Crippen molar-refractivity contribution >= 4 is 38.3 Å². The maximum absolute atomic E-state index is 14.8. The average molecular weight is 432 g/mol. The Morgan fingerprint density at radius 1 is 1.10 bits per heavy atom. The van der Waals surface area contributed by atoms with Gasteiger partial charge in [-0.1, -0.05) is 48.0 Å². The number of aromatic nitrogens is 2. The molecule has 0 saturated carbocycles. The lowest BCUT2D eigenvalue weighted by molar-refractivity contribution is 0.413. The highest BCUT2D eigenvalue weighted by Crippen LogP contribution is 2.37. The van der Waals surface area contributed by atoms with Gasteiger partial charge in [0.1, 0.15) is 11.3 Å².